The molecule has 2 heterocycles. The molecule has 0 amide bonds. The third-order valence-electron chi connectivity index (χ3n) is 4.23. The monoisotopic (exact) mass is 443 g/mol. The van der Waals surface area contributed by atoms with Gasteiger partial charge in [0.15, 0.2) is 12.6 Å². The van der Waals surface area contributed by atoms with Crippen LogP contribution in [0.5, 0.6) is 0 Å². The molecule has 29 heavy (non-hydrogen) atoms. The van der Waals surface area contributed by atoms with Gasteiger partial charge in [-0.2, -0.15) is 0 Å². The standard InChI is InChI=1S/C14H21O12.2Na.H2O/c1-22-10-6(17)8(19)14(26-11(10)12(20)21)25-9-4(3-15)24-13(23-2)7(18)5(9)16;;;/h4-11,13-14,16-19H,1-2H3,(H,20,21);;;1H2/q-1;2*+1;/p-2/t4?,5-,6-,7?,8?,9-,10+,11?,13-,14-;;;/m1.../s1. The molecule has 4 unspecified atom stereocenters. The number of aliphatic hydroxyl groups is 4. The van der Waals surface area contributed by atoms with E-state index in [2.05, 4.69) is 0 Å². The molecule has 0 aromatic carbocycles. The van der Waals surface area contributed by atoms with Crippen molar-refractivity contribution in [2.24, 2.45) is 0 Å². The van der Waals surface area contributed by atoms with Gasteiger partial charge in [-0.15, -0.1) is 0 Å². The predicted octanol–water partition coefficient (Wildman–Crippen LogP) is -11.4. The summed E-state index contributed by atoms with van der Waals surface area (Å²) in [4.78, 5) is 22.3. The van der Waals surface area contributed by atoms with Crippen LogP contribution >= 0.6 is 0 Å². The Labute approximate surface area is 210 Å². The Morgan fingerprint density at radius 2 is 1.41 bits per heavy atom. The molecule has 2 aliphatic rings. The van der Waals surface area contributed by atoms with Crippen molar-refractivity contribution in [2.75, 3.05) is 14.2 Å². The van der Waals surface area contributed by atoms with Gasteiger partial charge in [0.05, 0.1) is 12.1 Å². The first-order valence-electron chi connectivity index (χ1n) is 7.59. The molecule has 2 fully saturated rings. The van der Waals surface area contributed by atoms with Crippen LogP contribution in [0.15, 0.2) is 0 Å². The van der Waals surface area contributed by atoms with Gasteiger partial charge in [-0.1, -0.05) is 0 Å². The van der Waals surface area contributed by atoms with E-state index < -0.39 is 67.4 Å². The van der Waals surface area contributed by atoms with E-state index >= 15 is 0 Å². The zero-order chi connectivity index (χ0) is 19.6. The van der Waals surface area contributed by atoms with Crippen LogP contribution in [0.2, 0.25) is 0 Å². The largest absolute Gasteiger partial charge is 1.00 e. The first kappa shape index (κ1) is 31.9. The smallest absolute Gasteiger partial charge is 0.870 e. The number of carboxylic acids is 1. The number of carboxylic acid groups (broad SMARTS) is 1. The molecule has 10 atom stereocenters. The Morgan fingerprint density at radius 3 is 1.86 bits per heavy atom. The molecule has 158 valence electrons. The second-order valence-electron chi connectivity index (χ2n) is 5.79. The van der Waals surface area contributed by atoms with Crippen LogP contribution in [0.3, 0.4) is 0 Å². The minimum absolute atomic E-state index is 0. The third kappa shape index (κ3) is 6.86. The first-order chi connectivity index (χ1) is 12.3. The molecule has 0 saturated carbocycles. The maximum Gasteiger partial charge on any atom is 1.00 e. The molecule has 0 radical (unpaired) electrons. The van der Waals surface area contributed by atoms with Crippen molar-refractivity contribution in [3.05, 3.63) is 0 Å². The van der Waals surface area contributed by atoms with Crippen LogP contribution in [0.1, 0.15) is 0 Å². The Hall–Kier alpha value is 0.740. The summed E-state index contributed by atoms with van der Waals surface area (Å²) < 4.78 is 24.9. The molecule has 0 bridgehead atoms. The van der Waals surface area contributed by atoms with Gasteiger partial charge in [0.2, 0.25) is 0 Å². The molecule has 2 rings (SSSR count). The molecular formula is C14H21Na2O13-. The van der Waals surface area contributed by atoms with Gasteiger partial charge >= 0.3 is 59.1 Å². The van der Waals surface area contributed by atoms with Crippen LogP contribution in [0.4, 0.5) is 0 Å². The number of methoxy groups -OCH3 is 2. The number of carbonyl (C=O) groups excluding carboxylic acids is 2. The van der Waals surface area contributed by atoms with E-state index in [1.165, 1.54) is 13.4 Å². The van der Waals surface area contributed by atoms with Gasteiger partial charge < -0.3 is 64.3 Å². The summed E-state index contributed by atoms with van der Waals surface area (Å²) in [6, 6.07) is 0. The second-order valence-corrected chi connectivity index (χ2v) is 5.79. The summed E-state index contributed by atoms with van der Waals surface area (Å²) in [5, 5.41) is 51.3. The summed E-state index contributed by atoms with van der Waals surface area (Å²) in [5.74, 6) is -1.74. The van der Waals surface area contributed by atoms with E-state index in [1.54, 1.807) is 0 Å². The van der Waals surface area contributed by atoms with Gasteiger partial charge in [0.25, 0.3) is 0 Å². The van der Waals surface area contributed by atoms with Crippen LogP contribution in [-0.4, -0.2) is 114 Å². The van der Waals surface area contributed by atoms with Crippen molar-refractivity contribution in [3.63, 3.8) is 0 Å². The van der Waals surface area contributed by atoms with Gasteiger partial charge in [0, 0.05) is 14.2 Å². The first-order valence-corrected chi connectivity index (χ1v) is 7.59. The van der Waals surface area contributed by atoms with Crippen LogP contribution in [0, 0.1) is 0 Å². The van der Waals surface area contributed by atoms with Gasteiger partial charge in [-0.25, -0.2) is 6.29 Å². The zero-order valence-corrected chi connectivity index (χ0v) is 20.3. The van der Waals surface area contributed by atoms with Crippen molar-refractivity contribution in [2.45, 2.75) is 61.4 Å². The maximum absolute atomic E-state index is 11.2. The van der Waals surface area contributed by atoms with Crippen molar-refractivity contribution in [3.8, 4) is 0 Å². The average molecular weight is 443 g/mol. The minimum Gasteiger partial charge on any atom is -0.870 e. The minimum atomic E-state index is -1.81. The third-order valence-corrected chi connectivity index (χ3v) is 4.23. The number of ether oxygens (including phenoxy) is 5. The molecule has 5 N–H and O–H groups in total. The summed E-state index contributed by atoms with van der Waals surface area (Å²) >= 11 is 0. The number of aliphatic carboxylic acids is 1. The van der Waals surface area contributed by atoms with Gasteiger partial charge in [0.1, 0.15) is 36.6 Å². The molecule has 2 aliphatic heterocycles. The fourth-order valence-electron chi connectivity index (χ4n) is 2.84. The van der Waals surface area contributed by atoms with E-state index in [9.17, 15) is 35.1 Å². The van der Waals surface area contributed by atoms with Crippen LogP contribution in [0.25, 0.3) is 0 Å². The quantitative estimate of drug-likeness (QED) is 0.222. The molecule has 13 nitrogen and oxygen atoms in total. The van der Waals surface area contributed by atoms with Crippen molar-refractivity contribution >= 4 is 12.3 Å². The summed E-state index contributed by atoms with van der Waals surface area (Å²) in [6.45, 7) is 0. The summed E-state index contributed by atoms with van der Waals surface area (Å²) in [7, 11) is 2.27. The predicted molar refractivity (Wildman–Crippen MR) is 76.7 cm³/mol. The molecule has 2 saturated heterocycles. The number of carbonyl (C=O) groups is 1. The van der Waals surface area contributed by atoms with Crippen molar-refractivity contribution < 1.29 is 123 Å². The molecule has 0 spiro atoms. The van der Waals surface area contributed by atoms with E-state index in [1.807, 2.05) is 0 Å². The van der Waals surface area contributed by atoms with E-state index in [4.69, 9.17) is 23.7 Å². The Balaban J connectivity index is 0. The van der Waals surface area contributed by atoms with Gasteiger partial charge in [-0.05, 0) is 6.10 Å². The molecule has 0 aliphatic carbocycles. The van der Waals surface area contributed by atoms with Crippen LogP contribution < -0.4 is 64.2 Å². The number of hydrogen-bond donors (Lipinski definition) is 4. The number of rotatable bonds is 6. The SMILES string of the molecule is CO[C@@H]1OC([C-]=O)[C@@H](O[C@@H]2OC(C(=O)[O-])[C@@H](OC)[C@H](O)C2O)[C@H](O)C1O.[Na+].[Na+].[OH-]. The fraction of sp³-hybridized carbons (Fsp3) is 0.857. The number of hydrogen-bond acceptors (Lipinski definition) is 13. The van der Waals surface area contributed by atoms with Crippen molar-refractivity contribution in [1.29, 1.82) is 0 Å². The number of aliphatic hydroxyl groups excluding tert-OH is 4. The topological polar surface area (TPSA) is 214 Å². The molecular weight excluding hydrogens is 422 g/mol. The fourth-order valence-corrected chi connectivity index (χ4v) is 2.84. The van der Waals surface area contributed by atoms with Crippen LogP contribution in [-0.2, 0) is 33.3 Å². The normalized spacial score (nSPS) is 41.9. The molecule has 0 aromatic rings. The van der Waals surface area contributed by atoms with E-state index in [0.717, 1.165) is 7.11 Å². The van der Waals surface area contributed by atoms with E-state index in [-0.39, 0.29) is 64.6 Å². The average Bonchev–Trinajstić information content (AvgIpc) is 2.62. The van der Waals surface area contributed by atoms with Crippen molar-refractivity contribution in [1.82, 2.24) is 0 Å². The zero-order valence-electron chi connectivity index (χ0n) is 16.3. The Bertz CT molecular complexity index is 512. The summed E-state index contributed by atoms with van der Waals surface area (Å²) in [5.41, 5.74) is 0. The Morgan fingerprint density at radius 1 is 0.897 bits per heavy atom. The summed E-state index contributed by atoms with van der Waals surface area (Å²) in [6.07, 6.45) is -15.0. The molecule has 0 aromatic heterocycles. The van der Waals surface area contributed by atoms with E-state index in [0.29, 0.717) is 0 Å². The second kappa shape index (κ2) is 14.0. The Kier molecular flexibility index (Phi) is 15.4. The molecule has 15 heteroatoms. The maximum atomic E-state index is 11.2. The van der Waals surface area contributed by atoms with Gasteiger partial charge in [-0.3, -0.25) is 0 Å².